The van der Waals surface area contributed by atoms with Gasteiger partial charge in [0.05, 0.1) is 0 Å². The number of fused-ring (bicyclic) bond motifs is 2. The Kier molecular flexibility index (Phi) is 6.46. The molecule has 0 saturated carbocycles. The van der Waals surface area contributed by atoms with Crippen LogP contribution in [0.5, 0.6) is 0 Å². The molecule has 0 heterocycles. The molecule has 0 bridgehead atoms. The van der Waals surface area contributed by atoms with Gasteiger partial charge in [0.1, 0.15) is 24.0 Å². The van der Waals surface area contributed by atoms with Crippen LogP contribution < -0.4 is 0 Å². The van der Waals surface area contributed by atoms with E-state index in [4.69, 9.17) is 9.47 Å². The van der Waals surface area contributed by atoms with Crippen LogP contribution >= 0.6 is 0 Å². The van der Waals surface area contributed by atoms with Crippen molar-refractivity contribution in [3.05, 3.63) is 69.8 Å². The molecule has 9 nitrogen and oxygen atoms in total. The fourth-order valence-corrected chi connectivity index (χ4v) is 4.45. The molecule has 2 aliphatic carbocycles. The Morgan fingerprint density at radius 1 is 0.611 bits per heavy atom. The molecule has 0 aromatic heterocycles. The molecule has 2 aromatic carbocycles. The maximum Gasteiger partial charge on any atom is 0.193 e. The highest BCUT2D eigenvalue weighted by molar-refractivity contribution is 6.37. The second-order valence-corrected chi connectivity index (χ2v) is 8.73. The molecule has 0 aliphatic heterocycles. The Morgan fingerprint density at radius 3 is 1.28 bits per heavy atom. The molecule has 4 atom stereocenters. The highest BCUT2D eigenvalue weighted by Crippen LogP contribution is 2.32. The fourth-order valence-electron chi connectivity index (χ4n) is 4.45. The maximum absolute atomic E-state index is 13.2. The normalized spacial score (nSPS) is 20.2. The van der Waals surface area contributed by atoms with Gasteiger partial charge in [0, 0.05) is 47.6 Å². The molecule has 36 heavy (non-hydrogen) atoms. The lowest BCUT2D eigenvalue weighted by molar-refractivity contribution is -0.129. The van der Waals surface area contributed by atoms with Crippen molar-refractivity contribution in [2.24, 2.45) is 11.8 Å². The number of ketones is 7. The summed E-state index contributed by atoms with van der Waals surface area (Å²) in [4.78, 5) is 89.2. The zero-order chi connectivity index (χ0) is 26.5. The van der Waals surface area contributed by atoms with Crippen molar-refractivity contribution in [1.29, 1.82) is 0 Å². The molecule has 2 aliphatic rings. The fraction of sp³-hybridized carbons (Fsp3) is 0.296. The van der Waals surface area contributed by atoms with Crippen LogP contribution in [0, 0.1) is 11.8 Å². The van der Waals surface area contributed by atoms with Gasteiger partial charge in [0.15, 0.2) is 40.5 Å². The third-order valence-corrected chi connectivity index (χ3v) is 6.75. The minimum atomic E-state index is -1.52. The van der Waals surface area contributed by atoms with Gasteiger partial charge < -0.3 is 9.47 Å². The van der Waals surface area contributed by atoms with Gasteiger partial charge in [-0.2, -0.15) is 0 Å². The minimum Gasteiger partial charge on any atom is -0.374 e. The van der Waals surface area contributed by atoms with Crippen LogP contribution in [0.1, 0.15) is 71.2 Å². The van der Waals surface area contributed by atoms with E-state index in [9.17, 15) is 33.6 Å². The molecule has 0 radical (unpaired) electrons. The van der Waals surface area contributed by atoms with Gasteiger partial charge in [0.2, 0.25) is 0 Å². The number of hydrogen-bond acceptors (Lipinski definition) is 9. The molecule has 0 fully saturated rings. The highest BCUT2D eigenvalue weighted by Gasteiger charge is 2.46. The standard InChI is InChI=1S/C27H22O9/c1-11(35-3)21(28)19-24(31)15-7-5-13(9-17(15)26(19)33)23(30)14-6-8-16-18(10-14)27(34)20(25(16)32)22(29)12(2)36-4/h5-12,19-20H,1-4H3/t11-,12-,19?,20?/m0/s1. The molecular formula is C27H22O9. The lowest BCUT2D eigenvalue weighted by Crippen LogP contribution is -2.34. The van der Waals surface area contributed by atoms with Gasteiger partial charge in [-0.15, -0.1) is 0 Å². The predicted octanol–water partition coefficient (Wildman–Crippen LogP) is 2.12. The van der Waals surface area contributed by atoms with Crippen LogP contribution in [0.4, 0.5) is 0 Å². The SMILES string of the molecule is CO[C@@H](C)C(=O)C1C(=O)c2ccc(C(=O)c3ccc4c(c3)C(=O)C(C(=O)[C@H](C)OC)C4=O)cc2C1=O. The third-order valence-electron chi connectivity index (χ3n) is 6.75. The van der Waals surface area contributed by atoms with Crippen LogP contribution in [0.2, 0.25) is 0 Å². The Labute approximate surface area is 205 Å². The summed E-state index contributed by atoms with van der Waals surface area (Å²) in [5.41, 5.74) is 0.113. The van der Waals surface area contributed by atoms with Crippen LogP contribution in [0.15, 0.2) is 36.4 Å². The van der Waals surface area contributed by atoms with E-state index in [1.54, 1.807) is 0 Å². The topological polar surface area (TPSA) is 138 Å². The number of carbonyl (C=O) groups excluding carboxylic acids is 7. The van der Waals surface area contributed by atoms with Gasteiger partial charge in [-0.3, -0.25) is 33.6 Å². The van der Waals surface area contributed by atoms with Crippen molar-refractivity contribution in [3.8, 4) is 0 Å². The smallest absolute Gasteiger partial charge is 0.193 e. The minimum absolute atomic E-state index is 0.0425. The van der Waals surface area contributed by atoms with Crippen LogP contribution in [0.3, 0.4) is 0 Å². The molecule has 0 N–H and O–H groups in total. The molecule has 184 valence electrons. The van der Waals surface area contributed by atoms with E-state index in [1.165, 1.54) is 64.5 Å². The predicted molar refractivity (Wildman–Crippen MR) is 124 cm³/mol. The summed E-state index contributed by atoms with van der Waals surface area (Å²) < 4.78 is 9.89. The van der Waals surface area contributed by atoms with Crippen molar-refractivity contribution >= 4 is 40.5 Å². The summed E-state index contributed by atoms with van der Waals surface area (Å²) in [7, 11) is 2.59. The number of carbonyl (C=O) groups is 7. The van der Waals surface area contributed by atoms with E-state index in [0.717, 1.165) is 0 Å². The molecule has 4 rings (SSSR count). The summed E-state index contributed by atoms with van der Waals surface area (Å²) in [5, 5.41) is 0. The van der Waals surface area contributed by atoms with Gasteiger partial charge >= 0.3 is 0 Å². The van der Waals surface area contributed by atoms with Crippen molar-refractivity contribution in [2.75, 3.05) is 14.2 Å². The van der Waals surface area contributed by atoms with E-state index in [1.807, 2.05) is 0 Å². The maximum atomic E-state index is 13.2. The number of methoxy groups -OCH3 is 2. The van der Waals surface area contributed by atoms with Gasteiger partial charge in [-0.1, -0.05) is 12.1 Å². The average molecular weight is 490 g/mol. The largest absolute Gasteiger partial charge is 0.374 e. The van der Waals surface area contributed by atoms with Gasteiger partial charge in [-0.25, -0.2) is 0 Å². The summed E-state index contributed by atoms with van der Waals surface area (Å²) >= 11 is 0. The zero-order valence-corrected chi connectivity index (χ0v) is 19.9. The molecule has 0 saturated heterocycles. The summed E-state index contributed by atoms with van der Waals surface area (Å²) in [6.07, 6.45) is -1.90. The monoisotopic (exact) mass is 490 g/mol. The van der Waals surface area contributed by atoms with E-state index in [2.05, 4.69) is 0 Å². The number of ether oxygens (including phenoxy) is 2. The third kappa shape index (κ3) is 3.77. The lowest BCUT2D eigenvalue weighted by atomic mass is 9.95. The molecular weight excluding hydrogens is 468 g/mol. The Morgan fingerprint density at radius 2 is 0.944 bits per heavy atom. The first-order valence-electron chi connectivity index (χ1n) is 11.2. The van der Waals surface area contributed by atoms with E-state index in [-0.39, 0.29) is 33.4 Å². The zero-order valence-electron chi connectivity index (χ0n) is 19.9. The van der Waals surface area contributed by atoms with Crippen LogP contribution in [-0.2, 0) is 19.1 Å². The van der Waals surface area contributed by atoms with Crippen molar-refractivity contribution in [2.45, 2.75) is 26.1 Å². The first kappa shape index (κ1) is 25.2. The first-order chi connectivity index (χ1) is 17.0. The van der Waals surface area contributed by atoms with E-state index in [0.29, 0.717) is 0 Å². The first-order valence-corrected chi connectivity index (χ1v) is 11.2. The Hall–Kier alpha value is -3.95. The quantitative estimate of drug-likeness (QED) is 0.402. The number of rotatable bonds is 8. The summed E-state index contributed by atoms with van der Waals surface area (Å²) in [6.45, 7) is 2.88. The highest BCUT2D eigenvalue weighted by atomic mass is 16.5. The second-order valence-electron chi connectivity index (χ2n) is 8.73. The van der Waals surface area contributed by atoms with E-state index >= 15 is 0 Å². The van der Waals surface area contributed by atoms with Crippen molar-refractivity contribution in [3.63, 3.8) is 0 Å². The number of benzene rings is 2. The average Bonchev–Trinajstić information content (AvgIpc) is 3.29. The van der Waals surface area contributed by atoms with Crippen molar-refractivity contribution < 1.29 is 43.0 Å². The van der Waals surface area contributed by atoms with Crippen molar-refractivity contribution in [1.82, 2.24) is 0 Å². The van der Waals surface area contributed by atoms with Gasteiger partial charge in [0.25, 0.3) is 0 Å². The number of Topliss-reactive ketones (excluding diaryl/α,β-unsaturated/α-hetero) is 6. The molecule has 0 spiro atoms. The van der Waals surface area contributed by atoms with E-state index < -0.39 is 64.5 Å². The molecule has 2 unspecified atom stereocenters. The summed E-state index contributed by atoms with van der Waals surface area (Å²) in [6, 6.07) is 7.83. The molecule has 2 aromatic rings. The molecule has 0 amide bonds. The molecule has 9 heteroatoms. The number of hydrogen-bond donors (Lipinski definition) is 0. The van der Waals surface area contributed by atoms with Crippen LogP contribution in [0.25, 0.3) is 0 Å². The van der Waals surface area contributed by atoms with Gasteiger partial charge in [-0.05, 0) is 38.1 Å². The Bertz CT molecular complexity index is 1280. The Balaban J connectivity index is 1.65. The summed E-state index contributed by atoms with van der Waals surface area (Å²) in [5.74, 6) is -7.64. The lowest BCUT2D eigenvalue weighted by Gasteiger charge is -2.11. The second kappa shape index (κ2) is 9.25. The van der Waals surface area contributed by atoms with Crippen LogP contribution in [-0.4, -0.2) is 66.9 Å².